The number of aromatic nitrogens is 1. The number of nitriles is 1. The quantitative estimate of drug-likeness (QED) is 0.252. The van der Waals surface area contributed by atoms with Gasteiger partial charge in [-0.15, -0.1) is 12.4 Å². The van der Waals surface area contributed by atoms with Gasteiger partial charge in [-0.05, 0) is 61.5 Å². The van der Waals surface area contributed by atoms with E-state index in [9.17, 15) is 18.5 Å². The highest BCUT2D eigenvalue weighted by Crippen LogP contribution is 2.29. The molecule has 0 saturated carbocycles. The molecule has 1 aromatic heterocycles. The third-order valence-electron chi connectivity index (χ3n) is 4.16. The number of anilines is 3. The van der Waals surface area contributed by atoms with Gasteiger partial charge >= 0.3 is 0 Å². The molecular weight excluding hydrogens is 560 g/mol. The Bertz CT molecular complexity index is 1350. The molecular formula is C22H20BrClN6O4S. The van der Waals surface area contributed by atoms with Crippen molar-refractivity contribution in [2.24, 2.45) is 5.10 Å². The van der Waals surface area contributed by atoms with Gasteiger partial charge in [0.05, 0.1) is 12.3 Å². The molecule has 0 aliphatic rings. The van der Waals surface area contributed by atoms with E-state index >= 15 is 0 Å². The molecule has 0 bridgehead atoms. The monoisotopic (exact) mass is 578 g/mol. The minimum atomic E-state index is -3.93. The maximum Gasteiger partial charge on any atom is 0.288 e. The molecule has 1 heterocycles. The molecule has 1 amide bonds. The van der Waals surface area contributed by atoms with Crippen molar-refractivity contribution in [1.29, 1.82) is 5.26 Å². The third kappa shape index (κ3) is 7.68. The highest BCUT2D eigenvalue weighted by atomic mass is 79.9. The van der Waals surface area contributed by atoms with E-state index in [1.807, 2.05) is 0 Å². The van der Waals surface area contributed by atoms with E-state index in [-0.39, 0.29) is 28.9 Å². The topological polar surface area (TPSA) is 146 Å². The van der Waals surface area contributed by atoms with Crippen molar-refractivity contribution in [3.8, 4) is 11.8 Å². The lowest BCUT2D eigenvalue weighted by Gasteiger charge is -2.13. The van der Waals surface area contributed by atoms with Gasteiger partial charge in [-0.2, -0.15) is 10.4 Å². The molecule has 35 heavy (non-hydrogen) atoms. The largest absolute Gasteiger partial charge is 0.492 e. The van der Waals surface area contributed by atoms with Crippen LogP contribution < -0.4 is 20.2 Å². The van der Waals surface area contributed by atoms with E-state index in [1.165, 1.54) is 36.5 Å². The summed E-state index contributed by atoms with van der Waals surface area (Å²) in [6.45, 7) is 2.08. The number of nitrogens with one attached hydrogen (secondary N) is 3. The molecule has 0 aliphatic carbocycles. The van der Waals surface area contributed by atoms with Crippen molar-refractivity contribution in [1.82, 2.24) is 4.98 Å². The second-order valence-corrected chi connectivity index (χ2v) is 9.13. The van der Waals surface area contributed by atoms with Crippen LogP contribution in [0.4, 0.5) is 17.2 Å². The highest BCUT2D eigenvalue weighted by molar-refractivity contribution is 9.10. The number of ether oxygens (including phenoxy) is 1. The smallest absolute Gasteiger partial charge is 0.288 e. The maximum absolute atomic E-state index is 12.9. The van der Waals surface area contributed by atoms with Crippen LogP contribution in [-0.2, 0) is 14.8 Å². The number of halogens is 2. The van der Waals surface area contributed by atoms with Gasteiger partial charge in [0.1, 0.15) is 22.5 Å². The molecule has 2 aromatic carbocycles. The van der Waals surface area contributed by atoms with Crippen molar-refractivity contribution in [3.05, 3.63) is 71.3 Å². The van der Waals surface area contributed by atoms with Gasteiger partial charge in [0.2, 0.25) is 5.71 Å². The normalized spacial score (nSPS) is 10.9. The summed E-state index contributed by atoms with van der Waals surface area (Å²) in [5, 5.41) is 15.5. The minimum absolute atomic E-state index is 0. The summed E-state index contributed by atoms with van der Waals surface area (Å²) in [5.74, 6) is -0.207. The highest BCUT2D eigenvalue weighted by Gasteiger charge is 2.20. The van der Waals surface area contributed by atoms with E-state index < -0.39 is 21.6 Å². The van der Waals surface area contributed by atoms with E-state index in [0.717, 1.165) is 0 Å². The molecule has 3 rings (SSSR count). The second-order valence-electron chi connectivity index (χ2n) is 6.56. The standard InChI is InChI=1S/C22H19BrN6O4S.ClH/c1-2-33-19-11-6-15(23)13-20(19)34(31,32)29-17-9-7-16(8-10-17)27-28-18(14-24)22(30)26-21-5-3-4-12-25-21;/h3-13,27,29H,2H2,1H3,(H,25,26,30);1H. The van der Waals surface area contributed by atoms with Crippen LogP contribution in [0.15, 0.2) is 81.3 Å². The number of amides is 1. The van der Waals surface area contributed by atoms with Crippen LogP contribution in [0, 0.1) is 11.3 Å². The fourth-order valence-corrected chi connectivity index (χ4v) is 4.39. The Morgan fingerprint density at radius 1 is 1.14 bits per heavy atom. The van der Waals surface area contributed by atoms with Gasteiger partial charge in [-0.25, -0.2) is 13.4 Å². The molecule has 0 atom stereocenters. The SMILES string of the molecule is CCOc1ccc(Br)cc1S(=O)(=O)Nc1ccc(NN=C(C#N)C(=O)Nc2ccccn2)cc1.Cl. The summed E-state index contributed by atoms with van der Waals surface area (Å²) in [6.07, 6.45) is 1.50. The first kappa shape index (κ1) is 27.6. The molecule has 0 unspecified atom stereocenters. The van der Waals surface area contributed by atoms with Crippen molar-refractivity contribution in [2.45, 2.75) is 11.8 Å². The van der Waals surface area contributed by atoms with Crippen LogP contribution in [0.5, 0.6) is 5.75 Å². The number of rotatable bonds is 9. The Hall–Kier alpha value is -3.66. The molecule has 182 valence electrons. The first-order valence-electron chi connectivity index (χ1n) is 9.84. The number of hydrazone groups is 1. The second kappa shape index (κ2) is 12.7. The molecule has 13 heteroatoms. The number of hydrogen-bond donors (Lipinski definition) is 3. The van der Waals surface area contributed by atoms with Crippen molar-refractivity contribution in [3.63, 3.8) is 0 Å². The number of pyridine rings is 1. The number of sulfonamides is 1. The summed E-state index contributed by atoms with van der Waals surface area (Å²) < 4.78 is 34.3. The van der Waals surface area contributed by atoms with Crippen LogP contribution >= 0.6 is 28.3 Å². The molecule has 0 fully saturated rings. The minimum Gasteiger partial charge on any atom is -0.492 e. The lowest BCUT2D eigenvalue weighted by Crippen LogP contribution is -2.23. The summed E-state index contributed by atoms with van der Waals surface area (Å²) in [4.78, 5) is 16.1. The number of carbonyl (C=O) groups is 1. The first-order valence-corrected chi connectivity index (χ1v) is 12.1. The predicted octanol–water partition coefficient (Wildman–Crippen LogP) is 4.40. The molecule has 0 saturated heterocycles. The van der Waals surface area contributed by atoms with Gasteiger partial charge in [0, 0.05) is 16.4 Å². The molecule has 0 aliphatic heterocycles. The van der Waals surface area contributed by atoms with Gasteiger partial charge in [-0.3, -0.25) is 14.9 Å². The average molecular weight is 580 g/mol. The van der Waals surface area contributed by atoms with Crippen LogP contribution in [0.25, 0.3) is 0 Å². The number of hydrogen-bond acceptors (Lipinski definition) is 8. The molecule has 0 spiro atoms. The van der Waals surface area contributed by atoms with Crippen LogP contribution in [0.2, 0.25) is 0 Å². The zero-order chi connectivity index (χ0) is 24.6. The molecule has 0 radical (unpaired) electrons. The Labute approximate surface area is 217 Å². The molecule has 10 nitrogen and oxygen atoms in total. The zero-order valence-electron chi connectivity index (χ0n) is 18.2. The average Bonchev–Trinajstić information content (AvgIpc) is 2.82. The third-order valence-corrected chi connectivity index (χ3v) is 6.05. The van der Waals surface area contributed by atoms with Gasteiger partial charge < -0.3 is 10.1 Å². The maximum atomic E-state index is 12.9. The summed E-state index contributed by atoms with van der Waals surface area (Å²) >= 11 is 3.27. The van der Waals surface area contributed by atoms with Crippen LogP contribution in [-0.4, -0.2) is 31.6 Å². The summed E-state index contributed by atoms with van der Waals surface area (Å²) in [5.41, 5.74) is 2.92. The van der Waals surface area contributed by atoms with Crippen molar-refractivity contribution in [2.75, 3.05) is 22.1 Å². The Morgan fingerprint density at radius 2 is 1.86 bits per heavy atom. The molecule has 3 N–H and O–H groups in total. The Morgan fingerprint density at radius 3 is 2.49 bits per heavy atom. The summed E-state index contributed by atoms with van der Waals surface area (Å²) in [6, 6.07) is 17.5. The first-order chi connectivity index (χ1) is 16.3. The van der Waals surface area contributed by atoms with E-state index in [4.69, 9.17) is 4.74 Å². The fraction of sp³-hybridized carbons (Fsp3) is 0.0909. The van der Waals surface area contributed by atoms with E-state index in [0.29, 0.717) is 22.5 Å². The molecule has 3 aromatic rings. The number of carbonyl (C=O) groups excluding carboxylic acids is 1. The zero-order valence-corrected chi connectivity index (χ0v) is 21.4. The Kier molecular flexibility index (Phi) is 10.0. The Balaban J connectivity index is 0.00000432. The fourth-order valence-electron chi connectivity index (χ4n) is 2.65. The van der Waals surface area contributed by atoms with Gasteiger partial charge in [-0.1, -0.05) is 22.0 Å². The van der Waals surface area contributed by atoms with Gasteiger partial charge in [0.25, 0.3) is 15.9 Å². The van der Waals surface area contributed by atoms with Crippen LogP contribution in [0.1, 0.15) is 6.92 Å². The lowest BCUT2D eigenvalue weighted by molar-refractivity contribution is -0.110. The van der Waals surface area contributed by atoms with E-state index in [1.54, 1.807) is 43.3 Å². The van der Waals surface area contributed by atoms with Crippen molar-refractivity contribution < 1.29 is 17.9 Å². The van der Waals surface area contributed by atoms with E-state index in [2.05, 4.69) is 41.5 Å². The lowest BCUT2D eigenvalue weighted by atomic mass is 10.3. The summed E-state index contributed by atoms with van der Waals surface area (Å²) in [7, 11) is -3.93. The predicted molar refractivity (Wildman–Crippen MR) is 139 cm³/mol. The number of benzene rings is 2. The van der Waals surface area contributed by atoms with Crippen LogP contribution in [0.3, 0.4) is 0 Å². The van der Waals surface area contributed by atoms with Crippen molar-refractivity contribution >= 4 is 67.2 Å². The van der Waals surface area contributed by atoms with Gasteiger partial charge in [0.15, 0.2) is 0 Å². The number of nitrogens with zero attached hydrogens (tertiary/aromatic N) is 3.